The molecule has 7 nitrogen and oxygen atoms in total. The Balaban J connectivity index is 1.42. The summed E-state index contributed by atoms with van der Waals surface area (Å²) in [5.41, 5.74) is 4.90. The van der Waals surface area contributed by atoms with Gasteiger partial charge in [0.25, 0.3) is 0 Å². The van der Waals surface area contributed by atoms with Crippen molar-refractivity contribution in [1.29, 1.82) is 0 Å². The lowest BCUT2D eigenvalue weighted by molar-refractivity contribution is -0.129. The second-order valence-corrected chi connectivity index (χ2v) is 9.75. The summed E-state index contributed by atoms with van der Waals surface area (Å²) in [6.45, 7) is 1.13. The minimum Gasteiger partial charge on any atom is -0.468 e. The molecule has 0 N–H and O–H groups in total. The maximum atomic E-state index is 13.8. The summed E-state index contributed by atoms with van der Waals surface area (Å²) in [7, 11) is 1.62. The van der Waals surface area contributed by atoms with Crippen LogP contribution in [0.4, 0.5) is 4.79 Å². The van der Waals surface area contributed by atoms with Crippen LogP contribution < -0.4 is 4.74 Å². The number of cyclic esters (lactones) is 1. The van der Waals surface area contributed by atoms with Gasteiger partial charge in [-0.1, -0.05) is 97.1 Å². The fourth-order valence-corrected chi connectivity index (χ4v) is 4.99. The number of hydrogen-bond donors (Lipinski definition) is 0. The number of imide groups is 1. The lowest BCUT2D eigenvalue weighted by atomic mass is 9.87. The number of ether oxygens (including phenoxy) is 4. The molecule has 0 spiro atoms. The summed E-state index contributed by atoms with van der Waals surface area (Å²) in [5.74, 6) is 0.00355. The highest BCUT2D eigenvalue weighted by Crippen LogP contribution is 2.35. The third-order valence-corrected chi connectivity index (χ3v) is 7.13. The molecule has 1 aliphatic heterocycles. The highest BCUT2D eigenvalue weighted by atomic mass is 16.7. The average Bonchev–Trinajstić information content (AvgIpc) is 3.42. The fourth-order valence-electron chi connectivity index (χ4n) is 4.99. The molecule has 0 aliphatic carbocycles. The van der Waals surface area contributed by atoms with Gasteiger partial charge >= 0.3 is 6.09 Å². The molecule has 210 valence electrons. The quantitative estimate of drug-likeness (QED) is 0.146. The van der Waals surface area contributed by atoms with E-state index in [0.717, 1.165) is 27.8 Å². The molecule has 2 atom stereocenters. The van der Waals surface area contributed by atoms with Gasteiger partial charge in [-0.15, -0.1) is 0 Å². The summed E-state index contributed by atoms with van der Waals surface area (Å²) < 4.78 is 21.6. The van der Waals surface area contributed by atoms with Crippen LogP contribution in [-0.2, 0) is 19.0 Å². The Hall–Kier alpha value is -4.46. The lowest BCUT2D eigenvalue weighted by Crippen LogP contribution is -2.35. The Morgan fingerprint density at radius 1 is 0.854 bits per heavy atom. The molecule has 2 amide bonds. The van der Waals surface area contributed by atoms with E-state index in [2.05, 4.69) is 24.3 Å². The Kier molecular flexibility index (Phi) is 9.41. The minimum atomic E-state index is -0.618. The van der Waals surface area contributed by atoms with E-state index in [4.69, 9.17) is 18.9 Å². The van der Waals surface area contributed by atoms with Gasteiger partial charge in [-0.2, -0.15) is 0 Å². The molecular weight excluding hydrogens is 518 g/mol. The number of methoxy groups -OCH3 is 1. The third-order valence-electron chi connectivity index (χ3n) is 7.13. The summed E-state index contributed by atoms with van der Waals surface area (Å²) >= 11 is 0. The van der Waals surface area contributed by atoms with Crippen molar-refractivity contribution in [3.63, 3.8) is 0 Å². The molecular formula is C34H33NO6. The number of benzene rings is 4. The maximum Gasteiger partial charge on any atom is 0.417 e. The normalized spacial score (nSPS) is 15.4. The van der Waals surface area contributed by atoms with Gasteiger partial charge in [-0.05, 0) is 39.9 Å². The number of rotatable bonds is 12. The number of carbonyl (C=O) groups excluding carboxylic acids is 2. The van der Waals surface area contributed by atoms with E-state index in [0.29, 0.717) is 19.0 Å². The topological polar surface area (TPSA) is 74.3 Å². The van der Waals surface area contributed by atoms with E-state index < -0.39 is 12.1 Å². The van der Waals surface area contributed by atoms with Crippen LogP contribution in [0, 0.1) is 0 Å². The van der Waals surface area contributed by atoms with Gasteiger partial charge in [0.2, 0.25) is 5.91 Å². The Morgan fingerprint density at radius 3 is 2.29 bits per heavy atom. The first-order valence-corrected chi connectivity index (χ1v) is 13.6. The molecule has 4 aromatic rings. The van der Waals surface area contributed by atoms with Crippen LogP contribution in [-0.4, -0.2) is 50.6 Å². The average molecular weight is 552 g/mol. The van der Waals surface area contributed by atoms with Gasteiger partial charge in [0.15, 0.2) is 6.79 Å². The molecule has 5 rings (SSSR count). The first kappa shape index (κ1) is 28.1. The summed E-state index contributed by atoms with van der Waals surface area (Å²) in [6.07, 6.45) is -0.538. The van der Waals surface area contributed by atoms with Crippen molar-refractivity contribution in [3.05, 3.63) is 126 Å². The van der Waals surface area contributed by atoms with Crippen LogP contribution >= 0.6 is 0 Å². The zero-order valence-corrected chi connectivity index (χ0v) is 23.0. The third kappa shape index (κ3) is 7.01. The second-order valence-electron chi connectivity index (χ2n) is 9.75. The van der Waals surface area contributed by atoms with Crippen molar-refractivity contribution < 1.29 is 28.5 Å². The molecule has 1 heterocycles. The molecule has 1 fully saturated rings. The molecule has 0 aromatic heterocycles. The van der Waals surface area contributed by atoms with Gasteiger partial charge in [-0.25, -0.2) is 9.69 Å². The van der Waals surface area contributed by atoms with Gasteiger partial charge < -0.3 is 18.9 Å². The van der Waals surface area contributed by atoms with E-state index in [1.165, 1.54) is 4.90 Å². The smallest absolute Gasteiger partial charge is 0.417 e. The van der Waals surface area contributed by atoms with Crippen molar-refractivity contribution in [2.24, 2.45) is 0 Å². The van der Waals surface area contributed by atoms with Crippen LogP contribution in [0.25, 0.3) is 11.1 Å². The van der Waals surface area contributed by atoms with Crippen molar-refractivity contribution in [2.75, 3.05) is 33.7 Å². The minimum absolute atomic E-state index is 0.0803. The molecule has 1 saturated heterocycles. The first-order valence-electron chi connectivity index (χ1n) is 13.6. The summed E-state index contributed by atoms with van der Waals surface area (Å²) in [4.78, 5) is 27.8. The van der Waals surface area contributed by atoms with Crippen LogP contribution in [0.5, 0.6) is 5.75 Å². The van der Waals surface area contributed by atoms with Crippen molar-refractivity contribution in [3.8, 4) is 16.9 Å². The van der Waals surface area contributed by atoms with Crippen LogP contribution in [0.15, 0.2) is 109 Å². The summed E-state index contributed by atoms with van der Waals surface area (Å²) in [5, 5.41) is 0. The highest BCUT2D eigenvalue weighted by molar-refractivity contribution is 5.94. The number of nitrogens with zero attached hydrogens (tertiary/aromatic N) is 1. The SMILES string of the molecule is COCCOCOc1cccc([C@@H](CC(=O)N2C(=O)OC[C@H]2c2ccccc2)c2ccc(-c3ccccc3)cc2)c1. The Labute approximate surface area is 240 Å². The molecule has 1 aliphatic rings. The standard InChI is InChI=1S/C34H33NO6/c1-38-19-20-39-24-41-30-14-8-13-29(21-30)31(27-17-15-26(16-18-27)25-9-4-2-5-10-25)22-33(36)35-32(23-40-34(35)37)28-11-6-3-7-12-28/h2-18,21,31-32H,19-20,22-24H2,1H3/t31-,32-/m0/s1. The zero-order chi connectivity index (χ0) is 28.4. The second kappa shape index (κ2) is 13.7. The largest absolute Gasteiger partial charge is 0.468 e. The Bertz CT molecular complexity index is 1420. The highest BCUT2D eigenvalue weighted by Gasteiger charge is 2.39. The van der Waals surface area contributed by atoms with E-state index in [-0.39, 0.29) is 31.6 Å². The van der Waals surface area contributed by atoms with Gasteiger partial charge in [0.1, 0.15) is 18.4 Å². The molecule has 0 bridgehead atoms. The number of carbonyl (C=O) groups is 2. The number of hydrogen-bond acceptors (Lipinski definition) is 6. The van der Waals surface area contributed by atoms with E-state index in [1.54, 1.807) is 7.11 Å². The van der Waals surface area contributed by atoms with E-state index in [1.807, 2.05) is 84.9 Å². The fraction of sp³-hybridized carbons (Fsp3) is 0.235. The van der Waals surface area contributed by atoms with Crippen molar-refractivity contribution in [2.45, 2.75) is 18.4 Å². The van der Waals surface area contributed by atoms with E-state index in [9.17, 15) is 9.59 Å². The van der Waals surface area contributed by atoms with Crippen LogP contribution in [0.2, 0.25) is 0 Å². The molecule has 4 aromatic carbocycles. The van der Waals surface area contributed by atoms with Gasteiger partial charge in [-0.3, -0.25) is 4.79 Å². The van der Waals surface area contributed by atoms with Crippen LogP contribution in [0.3, 0.4) is 0 Å². The molecule has 0 radical (unpaired) electrons. The van der Waals surface area contributed by atoms with Crippen LogP contribution in [0.1, 0.15) is 35.1 Å². The maximum absolute atomic E-state index is 13.8. The van der Waals surface area contributed by atoms with Gasteiger partial charge in [0.05, 0.1) is 13.2 Å². The molecule has 41 heavy (non-hydrogen) atoms. The van der Waals surface area contributed by atoms with Crippen molar-refractivity contribution >= 4 is 12.0 Å². The monoisotopic (exact) mass is 551 g/mol. The predicted molar refractivity (Wildman–Crippen MR) is 155 cm³/mol. The number of amides is 2. The van der Waals surface area contributed by atoms with Crippen molar-refractivity contribution in [1.82, 2.24) is 4.90 Å². The summed E-state index contributed by atoms with van der Waals surface area (Å²) in [6, 6.07) is 35.0. The molecule has 0 saturated carbocycles. The molecule has 7 heteroatoms. The van der Waals surface area contributed by atoms with Gasteiger partial charge in [0, 0.05) is 19.4 Å². The first-order chi connectivity index (χ1) is 20.1. The predicted octanol–water partition coefficient (Wildman–Crippen LogP) is 6.60. The van der Waals surface area contributed by atoms with E-state index >= 15 is 0 Å². The Morgan fingerprint density at radius 2 is 1.56 bits per heavy atom. The lowest BCUT2D eigenvalue weighted by Gasteiger charge is -2.24. The zero-order valence-electron chi connectivity index (χ0n) is 23.0. The molecule has 0 unspecified atom stereocenters.